The number of para-hydroxylation sites is 1. The Bertz CT molecular complexity index is 2150. The molecule has 234 valence electrons. The summed E-state index contributed by atoms with van der Waals surface area (Å²) in [6, 6.07) is 65.7. The van der Waals surface area contributed by atoms with Crippen LogP contribution in [0.2, 0.25) is 0 Å². The zero-order valence-corrected chi connectivity index (χ0v) is 27.4. The molecule has 1 aliphatic carbocycles. The minimum Gasteiger partial charge on any atom is -0.310 e. The highest BCUT2D eigenvalue weighted by Gasteiger charge is 2.19. The van der Waals surface area contributed by atoms with Crippen molar-refractivity contribution in [2.45, 2.75) is 12.8 Å². The number of anilines is 3. The molecule has 7 aromatic carbocycles. The number of allylic oxidation sites excluding steroid dienone is 4. The Kier molecular flexibility index (Phi) is 8.56. The Balaban J connectivity index is 1.26. The van der Waals surface area contributed by atoms with Gasteiger partial charge >= 0.3 is 0 Å². The molecule has 0 bridgehead atoms. The van der Waals surface area contributed by atoms with Crippen LogP contribution in [0.1, 0.15) is 18.4 Å². The summed E-state index contributed by atoms with van der Waals surface area (Å²) in [7, 11) is 0. The van der Waals surface area contributed by atoms with Gasteiger partial charge in [0.25, 0.3) is 0 Å². The van der Waals surface area contributed by atoms with Gasteiger partial charge in [-0.2, -0.15) is 0 Å². The van der Waals surface area contributed by atoms with Crippen LogP contribution < -0.4 is 4.90 Å². The van der Waals surface area contributed by atoms with E-state index < -0.39 is 0 Å². The Morgan fingerprint density at radius 1 is 0.367 bits per heavy atom. The van der Waals surface area contributed by atoms with Crippen LogP contribution in [0.25, 0.3) is 50.1 Å². The molecule has 0 spiro atoms. The lowest BCUT2D eigenvalue weighted by Crippen LogP contribution is -2.12. The first kappa shape index (κ1) is 30.2. The fourth-order valence-electron chi connectivity index (χ4n) is 6.86. The minimum atomic E-state index is 1.03. The van der Waals surface area contributed by atoms with Gasteiger partial charge in [-0.3, -0.25) is 0 Å². The molecule has 1 nitrogen and oxygen atoms in total. The zero-order chi connectivity index (χ0) is 32.8. The van der Waals surface area contributed by atoms with Crippen LogP contribution in [0.3, 0.4) is 0 Å². The number of hydrogen-bond donors (Lipinski definition) is 0. The van der Waals surface area contributed by atoms with E-state index in [1.807, 2.05) is 0 Å². The molecule has 0 unspecified atom stereocenters. The summed E-state index contributed by atoms with van der Waals surface area (Å²) in [4.78, 5) is 2.43. The fraction of sp³-hybridized carbons (Fsp3) is 0.0417. The third-order valence-corrected chi connectivity index (χ3v) is 9.32. The number of benzene rings is 7. The molecule has 0 aliphatic heterocycles. The van der Waals surface area contributed by atoms with Crippen LogP contribution in [0.15, 0.2) is 200 Å². The summed E-state index contributed by atoms with van der Waals surface area (Å²) in [6.45, 7) is 0. The van der Waals surface area contributed by atoms with Crippen molar-refractivity contribution in [2.24, 2.45) is 0 Å². The molecule has 0 aromatic heterocycles. The van der Waals surface area contributed by atoms with Crippen molar-refractivity contribution in [2.75, 3.05) is 4.90 Å². The molecule has 0 N–H and O–H groups in total. The van der Waals surface area contributed by atoms with Crippen LogP contribution in [-0.4, -0.2) is 0 Å². The molecule has 0 saturated carbocycles. The highest BCUT2D eigenvalue weighted by Crippen LogP contribution is 2.43. The van der Waals surface area contributed by atoms with E-state index in [1.165, 1.54) is 61.3 Å². The van der Waals surface area contributed by atoms with Gasteiger partial charge in [0, 0.05) is 16.9 Å². The van der Waals surface area contributed by atoms with Gasteiger partial charge in [0.2, 0.25) is 0 Å². The van der Waals surface area contributed by atoms with Gasteiger partial charge in [-0.1, -0.05) is 158 Å². The van der Waals surface area contributed by atoms with Gasteiger partial charge in [0.1, 0.15) is 0 Å². The quantitative estimate of drug-likeness (QED) is 0.162. The van der Waals surface area contributed by atoms with Gasteiger partial charge in [0.15, 0.2) is 0 Å². The van der Waals surface area contributed by atoms with Crippen molar-refractivity contribution in [3.05, 3.63) is 206 Å². The molecule has 0 fully saturated rings. The van der Waals surface area contributed by atoms with E-state index in [1.54, 1.807) is 0 Å². The number of rotatable bonds is 8. The molecule has 1 aliphatic rings. The van der Waals surface area contributed by atoms with Crippen molar-refractivity contribution in [1.82, 2.24) is 0 Å². The van der Waals surface area contributed by atoms with Gasteiger partial charge in [0.05, 0.1) is 5.69 Å². The van der Waals surface area contributed by atoms with E-state index in [-0.39, 0.29) is 0 Å². The summed E-state index contributed by atoms with van der Waals surface area (Å²) in [6.07, 6.45) is 8.81. The first-order chi connectivity index (χ1) is 24.3. The van der Waals surface area contributed by atoms with E-state index in [0.29, 0.717) is 0 Å². The number of hydrogen-bond acceptors (Lipinski definition) is 1. The van der Waals surface area contributed by atoms with E-state index in [9.17, 15) is 0 Å². The van der Waals surface area contributed by atoms with Crippen molar-refractivity contribution in [1.29, 1.82) is 0 Å². The van der Waals surface area contributed by atoms with Crippen molar-refractivity contribution < 1.29 is 0 Å². The lowest BCUT2D eigenvalue weighted by Gasteiger charge is -2.29. The summed E-state index contributed by atoms with van der Waals surface area (Å²) >= 11 is 0. The Morgan fingerprint density at radius 3 is 1.31 bits per heavy atom. The fourth-order valence-corrected chi connectivity index (χ4v) is 6.86. The molecule has 0 amide bonds. The van der Waals surface area contributed by atoms with Crippen molar-refractivity contribution in [3.8, 4) is 44.5 Å². The predicted molar refractivity (Wildman–Crippen MR) is 209 cm³/mol. The second-order valence-corrected chi connectivity index (χ2v) is 12.5. The predicted octanol–water partition coefficient (Wildman–Crippen LogP) is 13.6. The summed E-state index contributed by atoms with van der Waals surface area (Å²) in [5.74, 6) is 0. The molecule has 0 atom stereocenters. The second-order valence-electron chi connectivity index (χ2n) is 12.5. The minimum absolute atomic E-state index is 1.03. The van der Waals surface area contributed by atoms with Crippen LogP contribution >= 0.6 is 0 Å². The largest absolute Gasteiger partial charge is 0.310 e. The van der Waals surface area contributed by atoms with Gasteiger partial charge < -0.3 is 4.90 Å². The zero-order valence-electron chi connectivity index (χ0n) is 27.4. The molecule has 7 aromatic rings. The normalized spacial score (nSPS) is 12.4. The van der Waals surface area contributed by atoms with E-state index >= 15 is 0 Å². The SMILES string of the molecule is C1=CCCC(c2ccccc2N(c2cccc(-c3cccc(-c4ccccc4)c3)c2)c2cccc(-c3cccc(-c4ccccc4)c3)c2)=C1. The maximum absolute atomic E-state index is 2.43. The Morgan fingerprint density at radius 2 is 0.796 bits per heavy atom. The van der Waals surface area contributed by atoms with Crippen LogP contribution in [0.5, 0.6) is 0 Å². The van der Waals surface area contributed by atoms with Crippen LogP contribution in [0, 0.1) is 0 Å². The second kappa shape index (κ2) is 13.9. The molecular weight excluding hydrogens is 591 g/mol. The Labute approximate surface area is 289 Å². The molecule has 0 heterocycles. The van der Waals surface area contributed by atoms with Gasteiger partial charge in [-0.15, -0.1) is 0 Å². The topological polar surface area (TPSA) is 3.24 Å². The molecule has 8 rings (SSSR count). The molecule has 0 radical (unpaired) electrons. The third-order valence-electron chi connectivity index (χ3n) is 9.32. The van der Waals surface area contributed by atoms with E-state index in [0.717, 1.165) is 24.2 Å². The van der Waals surface area contributed by atoms with E-state index in [2.05, 4.69) is 205 Å². The van der Waals surface area contributed by atoms with Gasteiger partial charge in [-0.05, 0) is 105 Å². The maximum atomic E-state index is 2.43. The smallest absolute Gasteiger partial charge is 0.0536 e. The third kappa shape index (κ3) is 6.52. The highest BCUT2D eigenvalue weighted by molar-refractivity contribution is 5.89. The summed E-state index contributed by atoms with van der Waals surface area (Å²) in [5.41, 5.74) is 15.7. The first-order valence-corrected chi connectivity index (χ1v) is 17.1. The average molecular weight is 628 g/mol. The van der Waals surface area contributed by atoms with E-state index in [4.69, 9.17) is 0 Å². The highest BCUT2D eigenvalue weighted by atomic mass is 15.1. The molecule has 0 saturated heterocycles. The standard InChI is InChI=1S/C48H37N/c1-4-16-36(17-5-1)39-22-12-24-41(32-39)43-26-14-28-45(34-43)49(48-31-11-10-30-47(48)38-20-8-3-9-21-38)46-29-15-27-44(35-46)42-25-13-23-40(33-42)37-18-6-2-7-19-37/h1-8,10-20,22-35H,9,21H2. The lowest BCUT2D eigenvalue weighted by atomic mass is 9.94. The Hall–Kier alpha value is -6.18. The van der Waals surface area contributed by atoms with Gasteiger partial charge in [-0.25, -0.2) is 0 Å². The molecule has 1 heteroatoms. The molecular formula is C48H37N. The number of nitrogens with zero attached hydrogens (tertiary/aromatic N) is 1. The van der Waals surface area contributed by atoms with Crippen LogP contribution in [-0.2, 0) is 0 Å². The average Bonchev–Trinajstić information content (AvgIpc) is 3.20. The lowest BCUT2D eigenvalue weighted by molar-refractivity contribution is 1.05. The summed E-state index contributed by atoms with van der Waals surface area (Å²) in [5, 5.41) is 0. The van der Waals surface area contributed by atoms with Crippen LogP contribution in [0.4, 0.5) is 17.1 Å². The van der Waals surface area contributed by atoms with Crippen molar-refractivity contribution in [3.63, 3.8) is 0 Å². The van der Waals surface area contributed by atoms with Crippen molar-refractivity contribution >= 4 is 22.6 Å². The maximum Gasteiger partial charge on any atom is 0.0536 e. The molecule has 49 heavy (non-hydrogen) atoms. The first-order valence-electron chi connectivity index (χ1n) is 17.1. The monoisotopic (exact) mass is 627 g/mol. The summed E-state index contributed by atoms with van der Waals surface area (Å²) < 4.78 is 0.